The number of ether oxygens (including phenoxy) is 1. The van der Waals surface area contributed by atoms with Crippen molar-refractivity contribution in [2.75, 3.05) is 26.7 Å². The van der Waals surface area contributed by atoms with E-state index in [2.05, 4.69) is 41.1 Å². The molecule has 1 aliphatic heterocycles. The Labute approximate surface area is 118 Å². The van der Waals surface area contributed by atoms with Crippen molar-refractivity contribution in [1.29, 1.82) is 0 Å². The molecule has 20 heavy (non-hydrogen) atoms. The largest absolute Gasteiger partial charge is 0.367 e. The second-order valence-electron chi connectivity index (χ2n) is 5.27. The molecule has 1 atom stereocenters. The molecule has 2 heterocycles. The fraction of sp³-hybridized carbons (Fsp3) is 0.467. The summed E-state index contributed by atoms with van der Waals surface area (Å²) in [7, 11) is 2.07. The Hall–Kier alpha value is -1.72. The number of rotatable bonds is 3. The highest BCUT2D eigenvalue weighted by molar-refractivity contribution is 5.27. The van der Waals surface area contributed by atoms with Crippen LogP contribution in [0.4, 0.5) is 0 Å². The van der Waals surface area contributed by atoms with Crippen LogP contribution in [0.5, 0.6) is 0 Å². The second kappa shape index (κ2) is 5.73. The Bertz CT molecular complexity index is 582. The van der Waals surface area contributed by atoms with Gasteiger partial charge in [0.05, 0.1) is 13.0 Å². The van der Waals surface area contributed by atoms with Gasteiger partial charge in [0, 0.05) is 13.1 Å². The summed E-state index contributed by atoms with van der Waals surface area (Å²) >= 11 is 0. The van der Waals surface area contributed by atoms with E-state index in [1.165, 1.54) is 11.1 Å². The molecule has 0 saturated carbocycles. The van der Waals surface area contributed by atoms with Gasteiger partial charge in [0.15, 0.2) is 0 Å². The molecule has 0 radical (unpaired) electrons. The smallest absolute Gasteiger partial charge is 0.231 e. The predicted octanol–water partition coefficient (Wildman–Crippen LogP) is 1.97. The molecule has 1 aromatic heterocycles. The van der Waals surface area contributed by atoms with Crippen molar-refractivity contribution in [1.82, 2.24) is 15.0 Å². The number of benzene rings is 1. The summed E-state index contributed by atoms with van der Waals surface area (Å²) in [6.07, 6.45) is 0.588. The van der Waals surface area contributed by atoms with Crippen LogP contribution in [-0.2, 0) is 11.2 Å². The van der Waals surface area contributed by atoms with Crippen LogP contribution >= 0.6 is 0 Å². The van der Waals surface area contributed by atoms with Gasteiger partial charge in [-0.25, -0.2) is 0 Å². The Balaban J connectivity index is 1.72. The lowest BCUT2D eigenvalue weighted by molar-refractivity contribution is -0.0264. The summed E-state index contributed by atoms with van der Waals surface area (Å²) in [6.45, 7) is 4.56. The van der Waals surface area contributed by atoms with Crippen LogP contribution < -0.4 is 0 Å². The maximum Gasteiger partial charge on any atom is 0.231 e. The standard InChI is InChI=1S/C15H19N3O2/c1-11-5-3-4-6-12(11)9-14-16-15(17-20-14)13-10-18(2)7-8-19-13/h3-6,13H,7-10H2,1-2H3/t13-/m1/s1. The minimum absolute atomic E-state index is 0.0804. The summed E-state index contributed by atoms with van der Waals surface area (Å²) in [5, 5.41) is 4.06. The van der Waals surface area contributed by atoms with Gasteiger partial charge in [-0.2, -0.15) is 4.98 Å². The molecule has 1 saturated heterocycles. The Morgan fingerprint density at radius 2 is 2.20 bits per heavy atom. The molecule has 5 nitrogen and oxygen atoms in total. The minimum atomic E-state index is -0.0804. The van der Waals surface area contributed by atoms with Gasteiger partial charge in [-0.1, -0.05) is 29.4 Å². The first kappa shape index (κ1) is 13.3. The highest BCUT2D eigenvalue weighted by Crippen LogP contribution is 2.20. The van der Waals surface area contributed by atoms with Crippen molar-refractivity contribution in [3.63, 3.8) is 0 Å². The highest BCUT2D eigenvalue weighted by atomic mass is 16.5. The van der Waals surface area contributed by atoms with E-state index in [1.54, 1.807) is 0 Å². The number of morpholine rings is 1. The van der Waals surface area contributed by atoms with Crippen LogP contribution in [0, 0.1) is 6.92 Å². The SMILES string of the molecule is Cc1ccccc1Cc1nc([C@H]2CN(C)CCO2)no1. The number of hydrogen-bond donors (Lipinski definition) is 0. The zero-order valence-electron chi connectivity index (χ0n) is 11.9. The van der Waals surface area contributed by atoms with E-state index >= 15 is 0 Å². The third-order valence-corrected chi connectivity index (χ3v) is 3.64. The van der Waals surface area contributed by atoms with E-state index < -0.39 is 0 Å². The summed E-state index contributed by atoms with van der Waals surface area (Å²) in [4.78, 5) is 6.69. The van der Waals surface area contributed by atoms with Crippen LogP contribution in [0.25, 0.3) is 0 Å². The highest BCUT2D eigenvalue weighted by Gasteiger charge is 2.24. The number of nitrogens with zero attached hydrogens (tertiary/aromatic N) is 3. The summed E-state index contributed by atoms with van der Waals surface area (Å²) in [5.41, 5.74) is 2.45. The molecule has 5 heteroatoms. The van der Waals surface area contributed by atoms with E-state index in [9.17, 15) is 0 Å². The molecular formula is C15H19N3O2. The van der Waals surface area contributed by atoms with Gasteiger partial charge in [0.25, 0.3) is 0 Å². The Morgan fingerprint density at radius 1 is 1.35 bits per heavy atom. The molecule has 0 spiro atoms. The van der Waals surface area contributed by atoms with Crippen LogP contribution in [-0.4, -0.2) is 41.8 Å². The number of aromatic nitrogens is 2. The lowest BCUT2D eigenvalue weighted by Gasteiger charge is -2.27. The molecule has 2 aromatic rings. The van der Waals surface area contributed by atoms with Crippen molar-refractivity contribution in [3.8, 4) is 0 Å². The van der Waals surface area contributed by atoms with Gasteiger partial charge >= 0.3 is 0 Å². The molecule has 1 aliphatic rings. The molecular weight excluding hydrogens is 254 g/mol. The first-order valence-electron chi connectivity index (χ1n) is 6.89. The second-order valence-corrected chi connectivity index (χ2v) is 5.27. The summed E-state index contributed by atoms with van der Waals surface area (Å²) in [5.74, 6) is 1.30. The fourth-order valence-electron chi connectivity index (χ4n) is 2.38. The zero-order chi connectivity index (χ0) is 13.9. The van der Waals surface area contributed by atoms with Crippen LogP contribution in [0.15, 0.2) is 28.8 Å². The van der Waals surface area contributed by atoms with Crippen molar-refractivity contribution >= 4 is 0 Å². The molecule has 0 aliphatic carbocycles. The fourth-order valence-corrected chi connectivity index (χ4v) is 2.38. The van der Waals surface area contributed by atoms with E-state index in [4.69, 9.17) is 9.26 Å². The van der Waals surface area contributed by atoms with Crippen LogP contribution in [0.2, 0.25) is 0 Å². The van der Waals surface area contributed by atoms with Gasteiger partial charge in [-0.3, -0.25) is 0 Å². The van der Waals surface area contributed by atoms with Gasteiger partial charge in [0.2, 0.25) is 11.7 Å². The molecule has 106 valence electrons. The zero-order valence-corrected chi connectivity index (χ0v) is 11.9. The van der Waals surface area contributed by atoms with Gasteiger partial charge in [-0.05, 0) is 25.1 Å². The first-order chi connectivity index (χ1) is 9.72. The van der Waals surface area contributed by atoms with Gasteiger partial charge < -0.3 is 14.2 Å². The maximum atomic E-state index is 5.70. The average Bonchev–Trinajstić information content (AvgIpc) is 2.90. The van der Waals surface area contributed by atoms with Gasteiger partial charge in [0.1, 0.15) is 6.10 Å². The quantitative estimate of drug-likeness (QED) is 0.855. The van der Waals surface area contributed by atoms with Crippen molar-refractivity contribution in [2.45, 2.75) is 19.4 Å². The summed E-state index contributed by atoms with van der Waals surface area (Å²) < 4.78 is 11.0. The first-order valence-corrected chi connectivity index (χ1v) is 6.89. The third-order valence-electron chi connectivity index (χ3n) is 3.64. The number of likely N-dealkylation sites (N-methyl/N-ethyl adjacent to an activating group) is 1. The Morgan fingerprint density at radius 3 is 3.00 bits per heavy atom. The third kappa shape index (κ3) is 2.89. The van der Waals surface area contributed by atoms with Crippen molar-refractivity contribution in [2.24, 2.45) is 0 Å². The van der Waals surface area contributed by atoms with Gasteiger partial charge in [-0.15, -0.1) is 0 Å². The molecule has 1 fully saturated rings. The topological polar surface area (TPSA) is 51.4 Å². The van der Waals surface area contributed by atoms with E-state index in [1.807, 2.05) is 12.1 Å². The predicted molar refractivity (Wildman–Crippen MR) is 74.5 cm³/mol. The van der Waals surface area contributed by atoms with E-state index in [0.29, 0.717) is 24.7 Å². The van der Waals surface area contributed by atoms with E-state index in [-0.39, 0.29) is 6.10 Å². The molecule has 1 aromatic carbocycles. The Kier molecular flexibility index (Phi) is 3.80. The molecule has 3 rings (SSSR count). The van der Waals surface area contributed by atoms with Crippen LogP contribution in [0.1, 0.15) is 28.9 Å². The summed E-state index contributed by atoms with van der Waals surface area (Å²) in [6, 6.07) is 8.23. The molecule has 0 unspecified atom stereocenters. The molecule has 0 amide bonds. The molecule has 0 N–H and O–H groups in total. The van der Waals surface area contributed by atoms with E-state index in [0.717, 1.165) is 13.1 Å². The van der Waals surface area contributed by atoms with Crippen molar-refractivity contribution < 1.29 is 9.26 Å². The van der Waals surface area contributed by atoms with Crippen molar-refractivity contribution in [3.05, 3.63) is 47.1 Å². The van der Waals surface area contributed by atoms with Crippen LogP contribution in [0.3, 0.4) is 0 Å². The lowest BCUT2D eigenvalue weighted by Crippen LogP contribution is -2.35. The lowest BCUT2D eigenvalue weighted by atomic mass is 10.1. The molecule has 0 bridgehead atoms. The minimum Gasteiger partial charge on any atom is -0.367 e. The monoisotopic (exact) mass is 273 g/mol. The maximum absolute atomic E-state index is 5.70. The number of hydrogen-bond acceptors (Lipinski definition) is 5. The number of aryl methyl sites for hydroxylation is 1. The average molecular weight is 273 g/mol. The normalized spacial score (nSPS) is 20.2.